The van der Waals surface area contributed by atoms with E-state index in [0.717, 1.165) is 18.4 Å². The quantitative estimate of drug-likeness (QED) is 0.212. The molecule has 1 fully saturated rings. The molecule has 0 aromatic heterocycles. The molecule has 0 saturated heterocycles. The summed E-state index contributed by atoms with van der Waals surface area (Å²) in [5.74, 6) is -1.20. The van der Waals surface area contributed by atoms with Gasteiger partial charge >= 0.3 is 12.0 Å². The molecule has 0 unspecified atom stereocenters. The number of guanidine groups is 1. The number of aliphatic imine (C=N–C) groups is 1. The zero-order valence-corrected chi connectivity index (χ0v) is 21.7. The molecule has 0 radical (unpaired) electrons. The van der Waals surface area contributed by atoms with E-state index >= 15 is 0 Å². The molecule has 0 bridgehead atoms. The van der Waals surface area contributed by atoms with Crippen molar-refractivity contribution in [1.82, 2.24) is 15.1 Å². The highest BCUT2D eigenvalue weighted by Crippen LogP contribution is 2.31. The maximum atomic E-state index is 14.7. The maximum absolute atomic E-state index is 14.7. The molecule has 1 saturated carbocycles. The van der Waals surface area contributed by atoms with Gasteiger partial charge in [-0.2, -0.15) is 0 Å². The smallest absolute Gasteiger partial charge is 0.323 e. The number of nitrogens with zero attached hydrogens (tertiary/aromatic N) is 3. The van der Waals surface area contributed by atoms with E-state index in [1.165, 1.54) is 42.2 Å². The number of nitrogens with one attached hydrogen (secondary N) is 1. The molecule has 1 N–H and O–H groups in total. The number of esters is 1. The number of halogens is 2. The fourth-order valence-corrected chi connectivity index (χ4v) is 3.49. The fourth-order valence-electron chi connectivity index (χ4n) is 3.36. The summed E-state index contributed by atoms with van der Waals surface area (Å²) in [5, 5.41) is 3.12. The predicted molar refractivity (Wildman–Crippen MR) is 137 cm³/mol. The van der Waals surface area contributed by atoms with Crippen molar-refractivity contribution in [2.45, 2.75) is 26.3 Å². The molecule has 9 nitrogen and oxygen atoms in total. The van der Waals surface area contributed by atoms with E-state index in [2.05, 4.69) is 10.3 Å². The van der Waals surface area contributed by atoms with Crippen LogP contribution in [0.5, 0.6) is 5.75 Å². The number of carbonyl (C=O) groups is 3. The Morgan fingerprint density at radius 1 is 1.24 bits per heavy atom. The van der Waals surface area contributed by atoms with Crippen molar-refractivity contribution in [3.8, 4) is 5.75 Å². The molecular formula is C26H30ClFN4O5. The molecule has 1 atom stereocenters. The third-order valence-corrected chi connectivity index (χ3v) is 5.96. The van der Waals surface area contributed by atoms with E-state index in [1.807, 2.05) is 0 Å². The Bertz CT molecular complexity index is 1140. The van der Waals surface area contributed by atoms with Crippen LogP contribution in [0.4, 0.5) is 14.9 Å². The van der Waals surface area contributed by atoms with Crippen molar-refractivity contribution < 1.29 is 28.2 Å². The summed E-state index contributed by atoms with van der Waals surface area (Å²) < 4.78 is 24.9. The molecular weight excluding hydrogens is 503 g/mol. The normalized spacial score (nSPS) is 13.9. The second-order valence-electron chi connectivity index (χ2n) is 8.90. The van der Waals surface area contributed by atoms with Gasteiger partial charge in [0.15, 0.2) is 11.6 Å². The van der Waals surface area contributed by atoms with E-state index in [9.17, 15) is 18.8 Å². The zero-order chi connectivity index (χ0) is 26.9. The SMILES string of the molecule is COC(=O)[C@@H](C)CN(C)C(=O)NC(=Nc1ccc(OCC2CC2)c(F)c1)N(C=O)Cc1ccc(Cl)cc1. The summed E-state index contributed by atoms with van der Waals surface area (Å²) in [7, 11) is 2.76. The van der Waals surface area contributed by atoms with Crippen LogP contribution in [-0.4, -0.2) is 61.5 Å². The molecule has 0 aliphatic heterocycles. The predicted octanol–water partition coefficient (Wildman–Crippen LogP) is 4.36. The summed E-state index contributed by atoms with van der Waals surface area (Å²) in [6.07, 6.45) is 2.67. The van der Waals surface area contributed by atoms with Gasteiger partial charge < -0.3 is 14.4 Å². The lowest BCUT2D eigenvalue weighted by Gasteiger charge is -2.25. The summed E-state index contributed by atoms with van der Waals surface area (Å²) in [6.45, 7) is 2.20. The van der Waals surface area contributed by atoms with Crippen LogP contribution in [0.25, 0.3) is 0 Å². The minimum Gasteiger partial charge on any atom is -0.490 e. The van der Waals surface area contributed by atoms with Gasteiger partial charge in [-0.05, 0) is 48.6 Å². The van der Waals surface area contributed by atoms with E-state index in [1.54, 1.807) is 31.2 Å². The fraction of sp³-hybridized carbons (Fsp3) is 0.385. The Morgan fingerprint density at radius 2 is 1.95 bits per heavy atom. The third kappa shape index (κ3) is 8.45. The van der Waals surface area contributed by atoms with Gasteiger partial charge in [-0.25, -0.2) is 14.2 Å². The van der Waals surface area contributed by atoms with Gasteiger partial charge in [-0.15, -0.1) is 0 Å². The molecule has 1 aliphatic carbocycles. The number of amides is 3. The highest BCUT2D eigenvalue weighted by atomic mass is 35.5. The van der Waals surface area contributed by atoms with Crippen molar-refractivity contribution in [2.75, 3.05) is 27.3 Å². The Kier molecular flexibility index (Phi) is 9.85. The van der Waals surface area contributed by atoms with E-state index in [-0.39, 0.29) is 30.5 Å². The standard InChI is InChI=1S/C26H30ClFN4O5/c1-17(24(34)36-3)13-31(2)26(35)30-25(32(16-33)14-18-6-8-20(27)9-7-18)29-21-10-11-23(22(28)12-21)37-15-19-4-5-19/h6-12,16-17,19H,4-5,13-15H2,1-3H3,(H,29,30,35)/t17-/m0/s1. The highest BCUT2D eigenvalue weighted by molar-refractivity contribution is 6.30. The van der Waals surface area contributed by atoms with Crippen molar-refractivity contribution in [3.63, 3.8) is 0 Å². The maximum Gasteiger partial charge on any atom is 0.323 e. The Balaban J connectivity index is 1.83. The average molecular weight is 533 g/mol. The van der Waals surface area contributed by atoms with E-state index < -0.39 is 23.7 Å². The first kappa shape index (κ1) is 27.9. The first-order valence-electron chi connectivity index (χ1n) is 11.8. The van der Waals surface area contributed by atoms with Gasteiger partial charge in [-0.1, -0.05) is 30.7 Å². The summed E-state index contributed by atoms with van der Waals surface area (Å²) in [6, 6.07) is 10.4. The number of urea groups is 1. The second-order valence-corrected chi connectivity index (χ2v) is 9.34. The van der Waals surface area contributed by atoms with E-state index in [0.29, 0.717) is 24.0 Å². The van der Waals surface area contributed by atoms with Gasteiger partial charge in [-0.3, -0.25) is 19.8 Å². The summed E-state index contributed by atoms with van der Waals surface area (Å²) in [4.78, 5) is 43.5. The van der Waals surface area contributed by atoms with Crippen molar-refractivity contribution in [2.24, 2.45) is 16.8 Å². The van der Waals surface area contributed by atoms with Crippen LogP contribution >= 0.6 is 11.6 Å². The molecule has 37 heavy (non-hydrogen) atoms. The number of carbonyl (C=O) groups excluding carboxylic acids is 3. The molecule has 3 rings (SSSR count). The molecule has 2 aromatic rings. The Hall–Kier alpha value is -3.66. The van der Waals surface area contributed by atoms with Crippen LogP contribution in [0, 0.1) is 17.7 Å². The Morgan fingerprint density at radius 3 is 2.54 bits per heavy atom. The van der Waals surface area contributed by atoms with Gasteiger partial charge in [0.05, 0.1) is 31.9 Å². The molecule has 11 heteroatoms. The zero-order valence-electron chi connectivity index (χ0n) is 20.9. The topological polar surface area (TPSA) is 101 Å². The number of benzene rings is 2. The van der Waals surface area contributed by atoms with Crippen LogP contribution in [-0.2, 0) is 20.9 Å². The van der Waals surface area contributed by atoms with Crippen LogP contribution in [0.2, 0.25) is 5.02 Å². The number of rotatable bonds is 10. The lowest BCUT2D eigenvalue weighted by molar-refractivity contribution is -0.145. The minimum atomic E-state index is -0.623. The van der Waals surface area contributed by atoms with E-state index in [4.69, 9.17) is 21.1 Å². The number of ether oxygens (including phenoxy) is 2. The first-order valence-corrected chi connectivity index (χ1v) is 12.1. The molecule has 0 spiro atoms. The highest BCUT2D eigenvalue weighted by Gasteiger charge is 2.23. The average Bonchev–Trinajstić information content (AvgIpc) is 3.71. The number of methoxy groups -OCH3 is 1. The van der Waals surface area contributed by atoms with Gasteiger partial charge in [0.2, 0.25) is 12.4 Å². The number of hydrogen-bond donors (Lipinski definition) is 1. The number of hydrogen-bond acceptors (Lipinski definition) is 6. The molecule has 2 aromatic carbocycles. The molecule has 0 heterocycles. The third-order valence-electron chi connectivity index (χ3n) is 5.70. The Labute approximate surface area is 220 Å². The molecule has 198 valence electrons. The van der Waals surface area contributed by atoms with Crippen molar-refractivity contribution in [3.05, 3.63) is 58.9 Å². The lowest BCUT2D eigenvalue weighted by Crippen LogP contribution is -2.49. The molecule has 1 aliphatic rings. The van der Waals surface area contributed by atoms with Crippen LogP contribution in [0.1, 0.15) is 25.3 Å². The van der Waals surface area contributed by atoms with Crippen LogP contribution < -0.4 is 10.1 Å². The van der Waals surface area contributed by atoms with Crippen LogP contribution in [0.3, 0.4) is 0 Å². The van der Waals surface area contributed by atoms with Crippen molar-refractivity contribution in [1.29, 1.82) is 0 Å². The van der Waals surface area contributed by atoms with Gasteiger partial charge in [0.25, 0.3) is 0 Å². The van der Waals surface area contributed by atoms with Crippen LogP contribution in [0.15, 0.2) is 47.5 Å². The van der Waals surface area contributed by atoms with Gasteiger partial charge in [0, 0.05) is 24.7 Å². The lowest BCUT2D eigenvalue weighted by atomic mass is 10.2. The molecule has 3 amide bonds. The second kappa shape index (κ2) is 13.0. The minimum absolute atomic E-state index is 0.0612. The van der Waals surface area contributed by atoms with Crippen molar-refractivity contribution >= 4 is 41.7 Å². The summed E-state index contributed by atoms with van der Waals surface area (Å²) >= 11 is 5.95. The van der Waals surface area contributed by atoms with Gasteiger partial charge in [0.1, 0.15) is 0 Å². The monoisotopic (exact) mass is 532 g/mol. The largest absolute Gasteiger partial charge is 0.490 e. The first-order chi connectivity index (χ1) is 17.7. The summed E-state index contributed by atoms with van der Waals surface area (Å²) in [5.41, 5.74) is 0.890.